The van der Waals surface area contributed by atoms with E-state index >= 15 is 0 Å². The average molecular weight is 211 g/mol. The Morgan fingerprint density at radius 2 is 2.13 bits per heavy atom. The molecule has 0 saturated heterocycles. The third-order valence-electron chi connectivity index (χ3n) is 3.00. The third kappa shape index (κ3) is 3.57. The highest BCUT2D eigenvalue weighted by molar-refractivity contribution is 5.67. The Kier molecular flexibility index (Phi) is 5.22. The summed E-state index contributed by atoms with van der Waals surface area (Å²) in [5.41, 5.74) is 0. The SMILES string of the molecule is C=CCCN(C(=O)OC)C1CCCCC1. The van der Waals surface area contributed by atoms with Crippen LogP contribution >= 0.6 is 0 Å². The lowest BCUT2D eigenvalue weighted by molar-refractivity contribution is 0.0947. The number of methoxy groups -OCH3 is 1. The molecule has 3 nitrogen and oxygen atoms in total. The van der Waals surface area contributed by atoms with Crippen LogP contribution in [-0.2, 0) is 4.74 Å². The first kappa shape index (κ1) is 12.1. The fourth-order valence-corrected chi connectivity index (χ4v) is 2.16. The molecule has 15 heavy (non-hydrogen) atoms. The van der Waals surface area contributed by atoms with Crippen LogP contribution in [0, 0.1) is 0 Å². The van der Waals surface area contributed by atoms with E-state index in [0.29, 0.717) is 6.04 Å². The van der Waals surface area contributed by atoms with Gasteiger partial charge in [-0.15, -0.1) is 6.58 Å². The lowest BCUT2D eigenvalue weighted by Crippen LogP contribution is -2.41. The van der Waals surface area contributed by atoms with Crippen LogP contribution in [0.25, 0.3) is 0 Å². The van der Waals surface area contributed by atoms with Gasteiger partial charge in [-0.25, -0.2) is 4.79 Å². The lowest BCUT2D eigenvalue weighted by atomic mass is 9.94. The van der Waals surface area contributed by atoms with Crippen molar-refractivity contribution in [2.45, 2.75) is 44.6 Å². The maximum Gasteiger partial charge on any atom is 0.409 e. The molecule has 0 heterocycles. The molecule has 1 saturated carbocycles. The van der Waals surface area contributed by atoms with Gasteiger partial charge < -0.3 is 9.64 Å². The second-order valence-electron chi connectivity index (χ2n) is 4.03. The predicted octanol–water partition coefficient (Wildman–Crippen LogP) is 2.96. The molecule has 0 spiro atoms. The molecule has 0 aromatic rings. The van der Waals surface area contributed by atoms with Crippen molar-refractivity contribution in [1.29, 1.82) is 0 Å². The maximum atomic E-state index is 11.6. The molecular formula is C12H21NO2. The van der Waals surface area contributed by atoms with Crippen LogP contribution < -0.4 is 0 Å². The normalized spacial score (nSPS) is 17.1. The summed E-state index contributed by atoms with van der Waals surface area (Å²) in [4.78, 5) is 13.4. The quantitative estimate of drug-likeness (QED) is 0.669. The molecule has 1 fully saturated rings. The molecule has 0 unspecified atom stereocenters. The van der Waals surface area contributed by atoms with Gasteiger partial charge in [0.15, 0.2) is 0 Å². The Morgan fingerprint density at radius 3 is 2.67 bits per heavy atom. The summed E-state index contributed by atoms with van der Waals surface area (Å²) in [6.45, 7) is 4.42. The molecule has 1 aliphatic carbocycles. The van der Waals surface area contributed by atoms with Gasteiger partial charge >= 0.3 is 6.09 Å². The molecule has 1 rings (SSSR count). The van der Waals surface area contributed by atoms with Crippen molar-refractivity contribution in [3.05, 3.63) is 12.7 Å². The van der Waals surface area contributed by atoms with E-state index in [2.05, 4.69) is 6.58 Å². The molecule has 86 valence electrons. The summed E-state index contributed by atoms with van der Waals surface area (Å²) in [6.07, 6.45) is 8.48. The number of rotatable bonds is 4. The van der Waals surface area contributed by atoms with E-state index in [1.807, 2.05) is 11.0 Å². The van der Waals surface area contributed by atoms with E-state index < -0.39 is 0 Å². The van der Waals surface area contributed by atoms with Gasteiger partial charge in [-0.2, -0.15) is 0 Å². The number of carbonyl (C=O) groups is 1. The Hall–Kier alpha value is -0.990. The molecule has 0 atom stereocenters. The highest BCUT2D eigenvalue weighted by atomic mass is 16.5. The fourth-order valence-electron chi connectivity index (χ4n) is 2.16. The molecule has 0 aliphatic heterocycles. The number of nitrogens with zero attached hydrogens (tertiary/aromatic N) is 1. The Bertz CT molecular complexity index is 210. The van der Waals surface area contributed by atoms with Crippen molar-refractivity contribution < 1.29 is 9.53 Å². The maximum absolute atomic E-state index is 11.6. The molecular weight excluding hydrogens is 190 g/mol. The highest BCUT2D eigenvalue weighted by Gasteiger charge is 2.24. The van der Waals surface area contributed by atoms with E-state index in [1.165, 1.54) is 26.4 Å². The Morgan fingerprint density at radius 1 is 1.47 bits per heavy atom. The van der Waals surface area contributed by atoms with Gasteiger partial charge in [-0.1, -0.05) is 25.3 Å². The summed E-state index contributed by atoms with van der Waals surface area (Å²) in [6, 6.07) is 0.381. The molecule has 1 amide bonds. The van der Waals surface area contributed by atoms with Crippen molar-refractivity contribution in [3.63, 3.8) is 0 Å². The topological polar surface area (TPSA) is 29.5 Å². The zero-order valence-corrected chi connectivity index (χ0v) is 9.58. The average Bonchev–Trinajstić information content (AvgIpc) is 2.30. The van der Waals surface area contributed by atoms with E-state index in [9.17, 15) is 4.79 Å². The van der Waals surface area contributed by atoms with E-state index in [1.54, 1.807) is 0 Å². The largest absolute Gasteiger partial charge is 0.453 e. The van der Waals surface area contributed by atoms with Crippen LogP contribution in [0.15, 0.2) is 12.7 Å². The number of hydrogen-bond donors (Lipinski definition) is 0. The molecule has 1 aliphatic rings. The second-order valence-corrected chi connectivity index (χ2v) is 4.03. The van der Waals surface area contributed by atoms with Crippen LogP contribution in [0.4, 0.5) is 4.79 Å². The first-order valence-electron chi connectivity index (χ1n) is 5.75. The van der Waals surface area contributed by atoms with E-state index in [4.69, 9.17) is 4.74 Å². The molecule has 3 heteroatoms. The lowest BCUT2D eigenvalue weighted by Gasteiger charge is -2.33. The van der Waals surface area contributed by atoms with Gasteiger partial charge in [0.2, 0.25) is 0 Å². The minimum absolute atomic E-state index is 0.191. The van der Waals surface area contributed by atoms with Crippen molar-refractivity contribution >= 4 is 6.09 Å². The standard InChI is InChI=1S/C12H21NO2/c1-3-4-10-13(12(14)15-2)11-8-6-5-7-9-11/h3,11H,1,4-10H2,2H3. The summed E-state index contributed by atoms with van der Waals surface area (Å²) >= 11 is 0. The molecule has 0 radical (unpaired) electrons. The predicted molar refractivity (Wildman–Crippen MR) is 60.8 cm³/mol. The van der Waals surface area contributed by atoms with Gasteiger partial charge in [-0.3, -0.25) is 0 Å². The Balaban J connectivity index is 2.52. The molecule has 0 aromatic heterocycles. The second kappa shape index (κ2) is 6.49. The zero-order valence-electron chi connectivity index (χ0n) is 9.58. The monoisotopic (exact) mass is 211 g/mol. The van der Waals surface area contributed by atoms with E-state index in [0.717, 1.165) is 25.8 Å². The van der Waals surface area contributed by atoms with Gasteiger partial charge in [0.05, 0.1) is 7.11 Å². The fraction of sp³-hybridized carbons (Fsp3) is 0.750. The van der Waals surface area contributed by atoms with Gasteiger partial charge in [0.1, 0.15) is 0 Å². The van der Waals surface area contributed by atoms with Gasteiger partial charge in [-0.05, 0) is 19.3 Å². The van der Waals surface area contributed by atoms with Crippen LogP contribution in [0.3, 0.4) is 0 Å². The van der Waals surface area contributed by atoms with Crippen LogP contribution in [-0.4, -0.2) is 30.7 Å². The smallest absolute Gasteiger partial charge is 0.409 e. The summed E-state index contributed by atoms with van der Waals surface area (Å²) in [5.74, 6) is 0. The summed E-state index contributed by atoms with van der Waals surface area (Å²) in [5, 5.41) is 0. The summed E-state index contributed by atoms with van der Waals surface area (Å²) in [7, 11) is 1.45. The van der Waals surface area contributed by atoms with Crippen LogP contribution in [0.1, 0.15) is 38.5 Å². The van der Waals surface area contributed by atoms with Crippen LogP contribution in [0.2, 0.25) is 0 Å². The first-order chi connectivity index (χ1) is 7.29. The first-order valence-corrected chi connectivity index (χ1v) is 5.75. The van der Waals surface area contributed by atoms with E-state index in [-0.39, 0.29) is 6.09 Å². The number of amides is 1. The molecule has 0 aromatic carbocycles. The molecule has 0 bridgehead atoms. The minimum Gasteiger partial charge on any atom is -0.453 e. The number of ether oxygens (including phenoxy) is 1. The van der Waals surface area contributed by atoms with Gasteiger partial charge in [0, 0.05) is 12.6 Å². The molecule has 0 N–H and O–H groups in total. The Labute approximate surface area is 92.1 Å². The van der Waals surface area contributed by atoms with Crippen molar-refractivity contribution in [3.8, 4) is 0 Å². The zero-order chi connectivity index (χ0) is 11.1. The van der Waals surface area contributed by atoms with Crippen molar-refractivity contribution in [2.24, 2.45) is 0 Å². The summed E-state index contributed by atoms with van der Waals surface area (Å²) < 4.78 is 4.82. The number of carbonyl (C=O) groups excluding carboxylic acids is 1. The van der Waals surface area contributed by atoms with Crippen LogP contribution in [0.5, 0.6) is 0 Å². The van der Waals surface area contributed by atoms with Crippen molar-refractivity contribution in [1.82, 2.24) is 4.90 Å². The minimum atomic E-state index is -0.191. The van der Waals surface area contributed by atoms with Gasteiger partial charge in [0.25, 0.3) is 0 Å². The third-order valence-corrected chi connectivity index (χ3v) is 3.00. The highest BCUT2D eigenvalue weighted by Crippen LogP contribution is 2.23. The number of hydrogen-bond acceptors (Lipinski definition) is 2. The van der Waals surface area contributed by atoms with Crippen molar-refractivity contribution in [2.75, 3.05) is 13.7 Å².